The fourth-order valence-electron chi connectivity index (χ4n) is 2.01. The molecule has 2 aromatic heterocycles. The van der Waals surface area contributed by atoms with Gasteiger partial charge >= 0.3 is 0 Å². The van der Waals surface area contributed by atoms with Crippen LogP contribution in [0.3, 0.4) is 0 Å². The Morgan fingerprint density at radius 1 is 1.25 bits per heavy atom. The second-order valence-corrected chi connectivity index (χ2v) is 5.49. The van der Waals surface area contributed by atoms with Crippen molar-refractivity contribution >= 4 is 35.0 Å². The van der Waals surface area contributed by atoms with E-state index in [2.05, 4.69) is 25.8 Å². The summed E-state index contributed by atoms with van der Waals surface area (Å²) in [4.78, 5) is 20.6. The topological polar surface area (TPSA) is 92.9 Å². The highest BCUT2D eigenvalue weighted by Gasteiger charge is 2.12. The number of nitrogens with one attached hydrogen (secondary N) is 2. The van der Waals surface area contributed by atoms with Gasteiger partial charge in [-0.15, -0.1) is 0 Å². The molecule has 3 aromatic rings. The average molecular weight is 344 g/mol. The Balaban J connectivity index is 1.78. The number of amides is 1. The van der Waals surface area contributed by atoms with Crippen LogP contribution in [0.5, 0.6) is 0 Å². The van der Waals surface area contributed by atoms with Gasteiger partial charge in [0.15, 0.2) is 5.82 Å². The van der Waals surface area contributed by atoms with Crippen LogP contribution >= 0.6 is 11.6 Å². The summed E-state index contributed by atoms with van der Waals surface area (Å²) < 4.78 is 4.96. The third kappa shape index (κ3) is 3.52. The minimum Gasteiger partial charge on any atom is -0.360 e. The van der Waals surface area contributed by atoms with Crippen molar-refractivity contribution in [2.45, 2.75) is 13.8 Å². The van der Waals surface area contributed by atoms with Gasteiger partial charge in [0.2, 0.25) is 5.95 Å². The smallest absolute Gasteiger partial charge is 0.274 e. The van der Waals surface area contributed by atoms with Crippen molar-refractivity contribution in [2.75, 3.05) is 10.6 Å². The summed E-state index contributed by atoms with van der Waals surface area (Å²) in [5, 5.41) is 10.0. The lowest BCUT2D eigenvalue weighted by Gasteiger charge is -2.09. The van der Waals surface area contributed by atoms with Crippen molar-refractivity contribution in [3.05, 3.63) is 58.6 Å². The predicted octanol–water partition coefficient (Wildman–Crippen LogP) is 3.73. The summed E-state index contributed by atoms with van der Waals surface area (Å²) in [5.74, 6) is 1.01. The molecule has 2 heterocycles. The highest BCUT2D eigenvalue weighted by atomic mass is 35.5. The minimum atomic E-state index is -0.359. The number of carbonyl (C=O) groups is 1. The van der Waals surface area contributed by atoms with Crippen molar-refractivity contribution in [3.63, 3.8) is 0 Å². The number of carbonyl (C=O) groups excluding carboxylic acids is 1. The zero-order chi connectivity index (χ0) is 17.1. The number of aryl methyl sites for hydroxylation is 1. The minimum absolute atomic E-state index is 0.215. The van der Waals surface area contributed by atoms with E-state index in [-0.39, 0.29) is 17.5 Å². The van der Waals surface area contributed by atoms with E-state index in [1.54, 1.807) is 31.2 Å². The van der Waals surface area contributed by atoms with Crippen molar-refractivity contribution in [1.29, 1.82) is 0 Å². The number of halogens is 1. The Morgan fingerprint density at radius 3 is 2.83 bits per heavy atom. The highest BCUT2D eigenvalue weighted by Crippen LogP contribution is 2.23. The maximum atomic E-state index is 12.4. The van der Waals surface area contributed by atoms with Crippen molar-refractivity contribution < 1.29 is 9.32 Å². The van der Waals surface area contributed by atoms with Crippen LogP contribution in [0.2, 0.25) is 5.02 Å². The molecule has 1 aromatic carbocycles. The molecule has 1 amide bonds. The molecule has 3 rings (SSSR count). The van der Waals surface area contributed by atoms with Gasteiger partial charge in [0, 0.05) is 23.0 Å². The quantitative estimate of drug-likeness (QED) is 0.749. The lowest BCUT2D eigenvalue weighted by Crippen LogP contribution is -2.15. The van der Waals surface area contributed by atoms with Crippen LogP contribution < -0.4 is 10.6 Å². The summed E-state index contributed by atoms with van der Waals surface area (Å²) in [7, 11) is 0. The first-order chi connectivity index (χ1) is 11.5. The van der Waals surface area contributed by atoms with Crippen LogP contribution in [-0.4, -0.2) is 21.0 Å². The molecule has 0 unspecified atom stereocenters. The van der Waals surface area contributed by atoms with Crippen LogP contribution in [-0.2, 0) is 0 Å². The van der Waals surface area contributed by atoms with Gasteiger partial charge in [0.1, 0.15) is 11.5 Å². The second-order valence-electron chi connectivity index (χ2n) is 5.08. The molecule has 122 valence electrons. The molecule has 0 bridgehead atoms. The molecular weight excluding hydrogens is 330 g/mol. The highest BCUT2D eigenvalue weighted by molar-refractivity contribution is 6.31. The number of hydrogen-bond acceptors (Lipinski definition) is 6. The Bertz CT molecular complexity index is 894. The van der Waals surface area contributed by atoms with Crippen molar-refractivity contribution in [1.82, 2.24) is 15.1 Å². The lowest BCUT2D eigenvalue weighted by atomic mass is 10.2. The zero-order valence-corrected chi connectivity index (χ0v) is 13.8. The summed E-state index contributed by atoms with van der Waals surface area (Å²) in [6.07, 6.45) is 1.49. The number of hydrogen-bond donors (Lipinski definition) is 2. The van der Waals surface area contributed by atoms with Crippen LogP contribution in [0.1, 0.15) is 21.8 Å². The van der Waals surface area contributed by atoms with Gasteiger partial charge in [-0.05, 0) is 37.6 Å². The number of anilines is 3. The Labute approximate surface area is 143 Å². The second kappa shape index (κ2) is 6.67. The average Bonchev–Trinajstić information content (AvgIpc) is 2.97. The predicted molar refractivity (Wildman–Crippen MR) is 90.7 cm³/mol. The molecule has 0 aliphatic heterocycles. The molecule has 7 nitrogen and oxygen atoms in total. The van der Waals surface area contributed by atoms with E-state index < -0.39 is 0 Å². The number of benzene rings is 1. The largest absolute Gasteiger partial charge is 0.360 e. The molecule has 8 heteroatoms. The monoisotopic (exact) mass is 343 g/mol. The Morgan fingerprint density at radius 2 is 2.08 bits per heavy atom. The number of nitrogens with zero attached hydrogens (tertiary/aromatic N) is 3. The lowest BCUT2D eigenvalue weighted by molar-refractivity contribution is 0.102. The fraction of sp³-hybridized carbons (Fsp3) is 0.125. The van der Waals surface area contributed by atoms with Gasteiger partial charge in [-0.1, -0.05) is 22.8 Å². The number of aromatic nitrogens is 3. The molecule has 0 spiro atoms. The molecule has 0 aliphatic rings. The van der Waals surface area contributed by atoms with Crippen LogP contribution in [0.4, 0.5) is 17.5 Å². The first-order valence-electron chi connectivity index (χ1n) is 7.13. The third-order valence-electron chi connectivity index (χ3n) is 3.27. The van der Waals surface area contributed by atoms with Crippen LogP contribution in [0.25, 0.3) is 0 Å². The maximum Gasteiger partial charge on any atom is 0.274 e. The summed E-state index contributed by atoms with van der Waals surface area (Å²) in [6, 6.07) is 8.53. The summed E-state index contributed by atoms with van der Waals surface area (Å²) in [5.41, 5.74) is 1.64. The normalized spacial score (nSPS) is 10.5. The van der Waals surface area contributed by atoms with Crippen molar-refractivity contribution in [3.8, 4) is 0 Å². The first-order valence-corrected chi connectivity index (χ1v) is 7.50. The van der Waals surface area contributed by atoms with Crippen LogP contribution in [0, 0.1) is 13.8 Å². The molecular formula is C16H14ClN5O2. The molecule has 0 aliphatic carbocycles. The van der Waals surface area contributed by atoms with Gasteiger partial charge in [-0.25, -0.2) is 9.97 Å². The van der Waals surface area contributed by atoms with Gasteiger partial charge in [0.25, 0.3) is 5.91 Å². The maximum absolute atomic E-state index is 12.4. The fourth-order valence-corrected chi connectivity index (χ4v) is 2.19. The molecule has 24 heavy (non-hydrogen) atoms. The first kappa shape index (κ1) is 15.9. The van der Waals surface area contributed by atoms with E-state index in [1.165, 1.54) is 12.3 Å². The SMILES string of the molecule is Cc1cc(Nc2nccc(C(=O)Nc3cccc(Cl)c3C)n2)no1. The standard InChI is InChI=1S/C16H14ClN5O2/c1-9-8-14(22-24-9)21-16-18-7-6-13(20-16)15(23)19-12-5-3-4-11(17)10(12)2/h3-8H,1-2H3,(H,19,23)(H,18,20,21,22). The van der Waals surface area contributed by atoms with Gasteiger partial charge in [-0.3, -0.25) is 4.79 Å². The zero-order valence-electron chi connectivity index (χ0n) is 13.0. The van der Waals surface area contributed by atoms with Crippen molar-refractivity contribution in [2.24, 2.45) is 0 Å². The van der Waals surface area contributed by atoms with E-state index in [9.17, 15) is 4.79 Å². The molecule has 2 N–H and O–H groups in total. The molecule has 0 atom stereocenters. The summed E-state index contributed by atoms with van der Waals surface area (Å²) >= 11 is 6.06. The van der Waals surface area contributed by atoms with E-state index in [0.29, 0.717) is 22.3 Å². The van der Waals surface area contributed by atoms with E-state index in [4.69, 9.17) is 16.1 Å². The Hall–Kier alpha value is -2.93. The van der Waals surface area contributed by atoms with Gasteiger partial charge in [0.05, 0.1) is 0 Å². The Kier molecular flexibility index (Phi) is 4.43. The third-order valence-corrected chi connectivity index (χ3v) is 3.68. The van der Waals surface area contributed by atoms with E-state index in [1.807, 2.05) is 6.92 Å². The van der Waals surface area contributed by atoms with E-state index >= 15 is 0 Å². The number of rotatable bonds is 4. The molecule has 0 radical (unpaired) electrons. The molecule has 0 saturated heterocycles. The summed E-state index contributed by atoms with van der Waals surface area (Å²) in [6.45, 7) is 3.61. The van der Waals surface area contributed by atoms with Gasteiger partial charge < -0.3 is 15.2 Å². The molecule has 0 saturated carbocycles. The van der Waals surface area contributed by atoms with Crippen LogP contribution in [0.15, 0.2) is 41.1 Å². The van der Waals surface area contributed by atoms with E-state index in [0.717, 1.165) is 5.56 Å². The molecule has 0 fully saturated rings. The van der Waals surface area contributed by atoms with Gasteiger partial charge in [-0.2, -0.15) is 0 Å².